The number of benzene rings is 1. The SMILES string of the molecule is CCN(CCCNC(=O)c1sccc1NC(=O)c1ccncc1)c1ccccc1. The molecule has 0 saturated carbocycles. The molecule has 2 aromatic heterocycles. The Labute approximate surface area is 174 Å². The van der Waals surface area contributed by atoms with Gasteiger partial charge >= 0.3 is 0 Å². The molecule has 0 atom stereocenters. The van der Waals surface area contributed by atoms with Gasteiger partial charge in [-0.15, -0.1) is 11.3 Å². The van der Waals surface area contributed by atoms with Crippen LogP contribution in [0.25, 0.3) is 0 Å². The Hall–Kier alpha value is -3.19. The lowest BCUT2D eigenvalue weighted by molar-refractivity contribution is 0.0958. The van der Waals surface area contributed by atoms with Crippen LogP contribution in [0.2, 0.25) is 0 Å². The molecule has 0 aliphatic carbocycles. The molecule has 0 unspecified atom stereocenters. The number of nitrogens with one attached hydrogen (secondary N) is 2. The number of rotatable bonds is 9. The molecule has 0 radical (unpaired) electrons. The summed E-state index contributed by atoms with van der Waals surface area (Å²) in [5.41, 5.74) is 2.20. The van der Waals surface area contributed by atoms with Gasteiger partial charge in [-0.05, 0) is 49.1 Å². The summed E-state index contributed by atoms with van der Waals surface area (Å²) in [4.78, 5) is 31.6. The monoisotopic (exact) mass is 408 g/mol. The van der Waals surface area contributed by atoms with Crippen molar-refractivity contribution in [2.75, 3.05) is 29.9 Å². The minimum atomic E-state index is -0.263. The third kappa shape index (κ3) is 5.65. The van der Waals surface area contributed by atoms with E-state index in [0.717, 1.165) is 19.5 Å². The number of anilines is 2. The van der Waals surface area contributed by atoms with E-state index in [2.05, 4.69) is 39.6 Å². The van der Waals surface area contributed by atoms with Crippen molar-refractivity contribution in [3.8, 4) is 0 Å². The minimum absolute atomic E-state index is 0.173. The minimum Gasteiger partial charge on any atom is -0.372 e. The topological polar surface area (TPSA) is 74.3 Å². The lowest BCUT2D eigenvalue weighted by atomic mass is 10.2. The summed E-state index contributed by atoms with van der Waals surface area (Å²) >= 11 is 1.31. The van der Waals surface area contributed by atoms with E-state index in [1.165, 1.54) is 17.0 Å². The molecular formula is C22H24N4O2S. The molecule has 7 heteroatoms. The molecule has 2 amide bonds. The van der Waals surface area contributed by atoms with E-state index in [0.29, 0.717) is 22.7 Å². The van der Waals surface area contributed by atoms with Crippen LogP contribution in [0.15, 0.2) is 66.3 Å². The number of amides is 2. The fourth-order valence-electron chi connectivity index (χ4n) is 2.94. The maximum atomic E-state index is 12.6. The Kier molecular flexibility index (Phi) is 7.35. The van der Waals surface area contributed by atoms with Crippen LogP contribution in [0.5, 0.6) is 0 Å². The molecule has 0 fully saturated rings. The normalized spacial score (nSPS) is 10.4. The van der Waals surface area contributed by atoms with E-state index in [1.807, 2.05) is 18.2 Å². The van der Waals surface area contributed by atoms with Crippen LogP contribution in [0, 0.1) is 0 Å². The molecule has 29 heavy (non-hydrogen) atoms. The van der Waals surface area contributed by atoms with Crippen molar-refractivity contribution in [1.29, 1.82) is 0 Å². The van der Waals surface area contributed by atoms with E-state index in [1.54, 1.807) is 36.0 Å². The van der Waals surface area contributed by atoms with E-state index < -0.39 is 0 Å². The average Bonchev–Trinajstić information content (AvgIpc) is 3.23. The molecule has 0 saturated heterocycles. The number of thiophene rings is 1. The molecule has 0 spiro atoms. The summed E-state index contributed by atoms with van der Waals surface area (Å²) in [5, 5.41) is 7.55. The fraction of sp³-hybridized carbons (Fsp3) is 0.227. The van der Waals surface area contributed by atoms with Gasteiger partial charge in [-0.25, -0.2) is 0 Å². The van der Waals surface area contributed by atoms with E-state index in [9.17, 15) is 9.59 Å². The van der Waals surface area contributed by atoms with Crippen molar-refractivity contribution in [2.24, 2.45) is 0 Å². The Morgan fingerprint density at radius 1 is 1.03 bits per heavy atom. The molecule has 0 bridgehead atoms. The summed E-state index contributed by atoms with van der Waals surface area (Å²) in [5.74, 6) is -0.436. The largest absolute Gasteiger partial charge is 0.372 e. The summed E-state index contributed by atoms with van der Waals surface area (Å²) in [6.45, 7) is 4.46. The van der Waals surface area contributed by atoms with Gasteiger partial charge in [0.15, 0.2) is 0 Å². The van der Waals surface area contributed by atoms with Gasteiger partial charge in [0.05, 0.1) is 5.69 Å². The maximum Gasteiger partial charge on any atom is 0.263 e. The molecule has 0 aliphatic heterocycles. The number of para-hydroxylation sites is 1. The number of pyridine rings is 1. The van der Waals surface area contributed by atoms with E-state index in [-0.39, 0.29) is 11.8 Å². The predicted octanol–water partition coefficient (Wildman–Crippen LogP) is 4.04. The van der Waals surface area contributed by atoms with Gasteiger partial charge in [-0.3, -0.25) is 14.6 Å². The highest BCUT2D eigenvalue weighted by molar-refractivity contribution is 7.12. The Morgan fingerprint density at radius 2 is 1.79 bits per heavy atom. The third-order valence-electron chi connectivity index (χ3n) is 4.46. The summed E-state index contributed by atoms with van der Waals surface area (Å²) < 4.78 is 0. The van der Waals surface area contributed by atoms with Crippen LogP contribution in [0.3, 0.4) is 0 Å². The number of aromatic nitrogens is 1. The smallest absolute Gasteiger partial charge is 0.263 e. The van der Waals surface area contributed by atoms with Gasteiger partial charge in [0.25, 0.3) is 11.8 Å². The van der Waals surface area contributed by atoms with Gasteiger partial charge in [-0.1, -0.05) is 18.2 Å². The van der Waals surface area contributed by atoms with Gasteiger partial charge in [0.1, 0.15) is 4.88 Å². The van der Waals surface area contributed by atoms with Gasteiger partial charge in [0, 0.05) is 43.3 Å². The predicted molar refractivity (Wildman–Crippen MR) is 118 cm³/mol. The lowest BCUT2D eigenvalue weighted by Crippen LogP contribution is -2.30. The quantitative estimate of drug-likeness (QED) is 0.524. The van der Waals surface area contributed by atoms with Crippen LogP contribution in [-0.4, -0.2) is 36.4 Å². The molecular weight excluding hydrogens is 384 g/mol. The molecule has 0 aliphatic rings. The zero-order valence-corrected chi connectivity index (χ0v) is 17.1. The zero-order chi connectivity index (χ0) is 20.5. The second-order valence-corrected chi connectivity index (χ2v) is 7.29. The first-order chi connectivity index (χ1) is 14.2. The highest BCUT2D eigenvalue weighted by Gasteiger charge is 2.16. The Balaban J connectivity index is 1.50. The van der Waals surface area contributed by atoms with Gasteiger partial charge in [-0.2, -0.15) is 0 Å². The number of carbonyl (C=O) groups is 2. The van der Waals surface area contributed by atoms with Crippen molar-refractivity contribution in [3.63, 3.8) is 0 Å². The molecule has 150 valence electrons. The first kappa shape index (κ1) is 20.5. The van der Waals surface area contributed by atoms with Crippen LogP contribution >= 0.6 is 11.3 Å². The van der Waals surface area contributed by atoms with Crippen molar-refractivity contribution >= 4 is 34.5 Å². The fourth-order valence-corrected chi connectivity index (χ4v) is 3.71. The van der Waals surface area contributed by atoms with Crippen LogP contribution in [0.4, 0.5) is 11.4 Å². The molecule has 1 aromatic carbocycles. The van der Waals surface area contributed by atoms with Crippen molar-refractivity contribution in [1.82, 2.24) is 10.3 Å². The second-order valence-electron chi connectivity index (χ2n) is 6.38. The van der Waals surface area contributed by atoms with Gasteiger partial charge < -0.3 is 15.5 Å². The van der Waals surface area contributed by atoms with E-state index >= 15 is 0 Å². The molecule has 3 rings (SSSR count). The van der Waals surface area contributed by atoms with Crippen molar-refractivity contribution in [2.45, 2.75) is 13.3 Å². The average molecular weight is 409 g/mol. The second kappa shape index (κ2) is 10.4. The molecule has 6 nitrogen and oxygen atoms in total. The van der Waals surface area contributed by atoms with Crippen LogP contribution in [-0.2, 0) is 0 Å². The standard InChI is InChI=1S/C22H24N4O2S/c1-2-26(18-7-4-3-5-8-18)15-6-12-24-22(28)20-19(11-16-29-20)25-21(27)17-9-13-23-14-10-17/h3-5,7-11,13-14,16H,2,6,12,15H2,1H3,(H,24,28)(H,25,27). The number of hydrogen-bond donors (Lipinski definition) is 2. The van der Waals surface area contributed by atoms with Crippen molar-refractivity contribution < 1.29 is 9.59 Å². The summed E-state index contributed by atoms with van der Waals surface area (Å²) in [6, 6.07) is 15.2. The first-order valence-corrected chi connectivity index (χ1v) is 10.4. The summed E-state index contributed by atoms with van der Waals surface area (Å²) in [7, 11) is 0. The highest BCUT2D eigenvalue weighted by Crippen LogP contribution is 2.23. The van der Waals surface area contributed by atoms with E-state index in [4.69, 9.17) is 0 Å². The first-order valence-electron chi connectivity index (χ1n) is 9.56. The van der Waals surface area contributed by atoms with Crippen LogP contribution in [0.1, 0.15) is 33.4 Å². The number of hydrogen-bond acceptors (Lipinski definition) is 5. The van der Waals surface area contributed by atoms with Crippen LogP contribution < -0.4 is 15.5 Å². The summed E-state index contributed by atoms with van der Waals surface area (Å²) in [6.07, 6.45) is 3.95. The Bertz CT molecular complexity index is 928. The molecule has 2 heterocycles. The molecule has 2 N–H and O–H groups in total. The molecule has 3 aromatic rings. The zero-order valence-electron chi connectivity index (χ0n) is 16.3. The lowest BCUT2D eigenvalue weighted by Gasteiger charge is -2.23. The number of carbonyl (C=O) groups excluding carboxylic acids is 2. The van der Waals surface area contributed by atoms with Gasteiger partial charge in [0.2, 0.25) is 0 Å². The third-order valence-corrected chi connectivity index (χ3v) is 5.37. The Morgan fingerprint density at radius 3 is 2.52 bits per heavy atom. The van der Waals surface area contributed by atoms with Crippen molar-refractivity contribution in [3.05, 3.63) is 76.7 Å². The number of nitrogens with zero attached hydrogens (tertiary/aromatic N) is 2. The maximum absolute atomic E-state index is 12.6. The highest BCUT2D eigenvalue weighted by atomic mass is 32.1.